The summed E-state index contributed by atoms with van der Waals surface area (Å²) in [5.41, 5.74) is 1.81. The summed E-state index contributed by atoms with van der Waals surface area (Å²) in [5, 5.41) is 7.17. The number of carbonyl (C=O) groups excluding carboxylic acids is 1. The fourth-order valence-corrected chi connectivity index (χ4v) is 3.70. The van der Waals surface area contributed by atoms with Crippen LogP contribution in [-0.4, -0.2) is 21.8 Å². The Morgan fingerprint density at radius 3 is 2.65 bits per heavy atom. The quantitative estimate of drug-likeness (QED) is 0.849. The number of aromatic nitrogens is 2. The van der Waals surface area contributed by atoms with Gasteiger partial charge in [-0.2, -0.15) is 5.10 Å². The molecule has 26 heavy (non-hydrogen) atoms. The van der Waals surface area contributed by atoms with Gasteiger partial charge >= 0.3 is 0 Å². The normalized spacial score (nSPS) is 17.9. The Hall–Kier alpha value is -2.37. The molecule has 6 heteroatoms. The molecule has 0 bridgehead atoms. The molecule has 4 rings (SSSR count). The van der Waals surface area contributed by atoms with Crippen LogP contribution < -0.4 is 10.1 Å². The highest BCUT2D eigenvalue weighted by molar-refractivity contribution is 6.04. The van der Waals surface area contributed by atoms with E-state index in [2.05, 4.69) is 10.4 Å². The number of nitrogens with one attached hydrogen (secondary N) is 1. The molecule has 1 amide bonds. The summed E-state index contributed by atoms with van der Waals surface area (Å²) in [6, 6.07) is 4.95. The summed E-state index contributed by atoms with van der Waals surface area (Å²) in [7, 11) is 0. The van der Waals surface area contributed by atoms with Crippen LogP contribution in [-0.2, 0) is 0 Å². The predicted molar refractivity (Wildman–Crippen MR) is 97.1 cm³/mol. The summed E-state index contributed by atoms with van der Waals surface area (Å²) in [5.74, 6) is -0.468. The molecule has 5 nitrogen and oxygen atoms in total. The van der Waals surface area contributed by atoms with Crippen LogP contribution in [0.15, 0.2) is 24.4 Å². The van der Waals surface area contributed by atoms with Gasteiger partial charge in [-0.1, -0.05) is 12.8 Å². The topological polar surface area (TPSA) is 56.1 Å². The highest BCUT2D eigenvalue weighted by atomic mass is 19.1. The van der Waals surface area contributed by atoms with Crippen molar-refractivity contribution in [3.63, 3.8) is 0 Å². The Morgan fingerprint density at radius 1 is 1.23 bits per heavy atom. The van der Waals surface area contributed by atoms with E-state index in [1.165, 1.54) is 18.9 Å². The molecule has 2 fully saturated rings. The fraction of sp³-hybridized carbons (Fsp3) is 0.500. The van der Waals surface area contributed by atoms with E-state index in [4.69, 9.17) is 4.74 Å². The van der Waals surface area contributed by atoms with Crippen molar-refractivity contribution in [2.45, 2.75) is 64.0 Å². The van der Waals surface area contributed by atoms with Gasteiger partial charge in [0.05, 0.1) is 23.9 Å². The standard InChI is InChI=1S/C20H24FN3O2/c1-13-17(12-22-24(13)15-5-2-3-6-15)20(25)23-14-9-10-19(18(21)11-14)26-16-7-4-8-16/h9-12,15-16H,2-8H2,1H3,(H,23,25). The van der Waals surface area contributed by atoms with Crippen molar-refractivity contribution in [3.05, 3.63) is 41.5 Å². The van der Waals surface area contributed by atoms with Crippen molar-refractivity contribution in [2.24, 2.45) is 0 Å². The molecule has 2 aliphatic carbocycles. The summed E-state index contributed by atoms with van der Waals surface area (Å²) in [6.45, 7) is 1.91. The molecular formula is C20H24FN3O2. The van der Waals surface area contributed by atoms with Gasteiger partial charge in [0.25, 0.3) is 5.91 Å². The number of anilines is 1. The van der Waals surface area contributed by atoms with E-state index in [-0.39, 0.29) is 17.8 Å². The number of nitrogens with zero attached hydrogens (tertiary/aromatic N) is 2. The third kappa shape index (κ3) is 3.32. The van der Waals surface area contributed by atoms with E-state index < -0.39 is 5.82 Å². The number of rotatable bonds is 5. The van der Waals surface area contributed by atoms with Crippen molar-refractivity contribution in [1.82, 2.24) is 9.78 Å². The number of carbonyl (C=O) groups is 1. The lowest BCUT2D eigenvalue weighted by molar-refractivity contribution is 0.102. The summed E-state index contributed by atoms with van der Waals surface area (Å²) in [6.07, 6.45) is 9.44. The number of amides is 1. The predicted octanol–water partition coefficient (Wildman–Crippen LogP) is 4.63. The van der Waals surface area contributed by atoms with Crippen LogP contribution in [0.25, 0.3) is 0 Å². The van der Waals surface area contributed by atoms with Gasteiger partial charge in [0, 0.05) is 17.4 Å². The van der Waals surface area contributed by atoms with Crippen LogP contribution >= 0.6 is 0 Å². The average Bonchev–Trinajstić information content (AvgIpc) is 3.21. The second-order valence-corrected chi connectivity index (χ2v) is 7.30. The van der Waals surface area contributed by atoms with Crippen molar-refractivity contribution < 1.29 is 13.9 Å². The molecule has 1 aromatic carbocycles. The lowest BCUT2D eigenvalue weighted by Gasteiger charge is -2.26. The second-order valence-electron chi connectivity index (χ2n) is 7.30. The minimum Gasteiger partial charge on any atom is -0.487 e. The molecule has 0 radical (unpaired) electrons. The third-order valence-electron chi connectivity index (χ3n) is 5.50. The van der Waals surface area contributed by atoms with Crippen molar-refractivity contribution in [3.8, 4) is 5.75 Å². The van der Waals surface area contributed by atoms with E-state index in [0.29, 0.717) is 17.3 Å². The van der Waals surface area contributed by atoms with Crippen LogP contribution in [0.3, 0.4) is 0 Å². The highest BCUT2D eigenvalue weighted by Crippen LogP contribution is 2.31. The van der Waals surface area contributed by atoms with Crippen molar-refractivity contribution >= 4 is 11.6 Å². The van der Waals surface area contributed by atoms with Crippen molar-refractivity contribution in [2.75, 3.05) is 5.32 Å². The first-order valence-electron chi connectivity index (χ1n) is 9.43. The second kappa shape index (κ2) is 7.09. The van der Waals surface area contributed by atoms with Gasteiger partial charge in [-0.15, -0.1) is 0 Å². The largest absolute Gasteiger partial charge is 0.487 e. The monoisotopic (exact) mass is 357 g/mol. The fourth-order valence-electron chi connectivity index (χ4n) is 3.70. The summed E-state index contributed by atoms with van der Waals surface area (Å²) >= 11 is 0. The molecule has 2 aromatic rings. The Bertz CT molecular complexity index is 807. The number of hydrogen-bond donors (Lipinski definition) is 1. The summed E-state index contributed by atoms with van der Waals surface area (Å²) in [4.78, 5) is 12.6. The minimum absolute atomic E-state index is 0.119. The number of hydrogen-bond acceptors (Lipinski definition) is 3. The van der Waals surface area contributed by atoms with E-state index in [0.717, 1.165) is 37.8 Å². The van der Waals surface area contributed by atoms with E-state index in [9.17, 15) is 9.18 Å². The van der Waals surface area contributed by atoms with Gasteiger partial charge in [0.15, 0.2) is 11.6 Å². The zero-order valence-electron chi connectivity index (χ0n) is 15.0. The highest BCUT2D eigenvalue weighted by Gasteiger charge is 2.23. The Kier molecular flexibility index (Phi) is 4.66. The maximum Gasteiger partial charge on any atom is 0.259 e. The van der Waals surface area contributed by atoms with E-state index in [1.807, 2.05) is 11.6 Å². The molecule has 1 N–H and O–H groups in total. The first kappa shape index (κ1) is 17.1. The molecule has 0 aliphatic heterocycles. The third-order valence-corrected chi connectivity index (χ3v) is 5.50. The van der Waals surface area contributed by atoms with Gasteiger partial charge in [0.2, 0.25) is 0 Å². The molecule has 2 saturated carbocycles. The zero-order valence-corrected chi connectivity index (χ0v) is 15.0. The molecule has 2 aliphatic rings. The van der Waals surface area contributed by atoms with Gasteiger partial charge in [-0.05, 0) is 51.2 Å². The number of ether oxygens (including phenoxy) is 1. The van der Waals surface area contributed by atoms with Gasteiger partial charge in [-0.25, -0.2) is 4.39 Å². The lowest BCUT2D eigenvalue weighted by Crippen LogP contribution is -2.25. The number of benzene rings is 1. The molecule has 1 heterocycles. The molecule has 0 spiro atoms. The Balaban J connectivity index is 1.45. The summed E-state index contributed by atoms with van der Waals surface area (Å²) < 4.78 is 21.8. The zero-order chi connectivity index (χ0) is 18.1. The lowest BCUT2D eigenvalue weighted by atomic mass is 9.96. The molecular weight excluding hydrogens is 333 g/mol. The smallest absolute Gasteiger partial charge is 0.259 e. The molecule has 1 aromatic heterocycles. The van der Waals surface area contributed by atoms with Crippen LogP contribution in [0, 0.1) is 12.7 Å². The Morgan fingerprint density at radius 2 is 2.00 bits per heavy atom. The molecule has 0 atom stereocenters. The molecule has 0 unspecified atom stereocenters. The minimum atomic E-state index is -0.451. The molecule has 138 valence electrons. The maximum atomic E-state index is 14.2. The van der Waals surface area contributed by atoms with E-state index >= 15 is 0 Å². The SMILES string of the molecule is Cc1c(C(=O)Nc2ccc(OC3CCC3)c(F)c2)cnn1C1CCCC1. The van der Waals surface area contributed by atoms with Gasteiger partial charge in [0.1, 0.15) is 0 Å². The number of halogens is 1. The van der Waals surface area contributed by atoms with Gasteiger partial charge in [-0.3, -0.25) is 9.48 Å². The van der Waals surface area contributed by atoms with Crippen LogP contribution in [0.5, 0.6) is 5.75 Å². The van der Waals surface area contributed by atoms with Crippen LogP contribution in [0.1, 0.15) is 67.0 Å². The van der Waals surface area contributed by atoms with Crippen LogP contribution in [0.2, 0.25) is 0 Å². The first-order valence-corrected chi connectivity index (χ1v) is 9.43. The average molecular weight is 357 g/mol. The van der Waals surface area contributed by atoms with Gasteiger partial charge < -0.3 is 10.1 Å². The first-order chi connectivity index (χ1) is 12.6. The Labute approximate surface area is 152 Å². The maximum absolute atomic E-state index is 14.2. The van der Waals surface area contributed by atoms with Crippen molar-refractivity contribution in [1.29, 1.82) is 0 Å². The van der Waals surface area contributed by atoms with Crippen LogP contribution in [0.4, 0.5) is 10.1 Å². The van der Waals surface area contributed by atoms with E-state index in [1.54, 1.807) is 18.3 Å². The molecule has 0 saturated heterocycles.